The van der Waals surface area contributed by atoms with E-state index in [9.17, 15) is 0 Å². The highest BCUT2D eigenvalue weighted by Crippen LogP contribution is 2.58. The zero-order valence-electron chi connectivity index (χ0n) is 35.2. The van der Waals surface area contributed by atoms with E-state index in [0.717, 1.165) is 45.3 Å². The molecule has 0 amide bonds. The second kappa shape index (κ2) is 14.6. The van der Waals surface area contributed by atoms with Crippen molar-refractivity contribution in [3.05, 3.63) is 0 Å². The van der Waals surface area contributed by atoms with Crippen LogP contribution in [0.4, 0.5) is 0 Å². The van der Waals surface area contributed by atoms with E-state index >= 15 is 0 Å². The zero-order chi connectivity index (χ0) is 36.0. The third kappa shape index (κ3) is 9.89. The lowest BCUT2D eigenvalue weighted by molar-refractivity contribution is -0.0503. The van der Waals surface area contributed by atoms with Crippen LogP contribution in [0.3, 0.4) is 0 Å². The topological polar surface area (TPSA) is 48.1 Å². The molecular weight excluding hydrogens is 597 g/mol. The SMILES string of the molecule is CC(C)(C)C1CC2(CCCNC2)C1.CC(C)(C)C1CC2(CCNC2)C1.CC(C)(C)C1CC2(CCNCC2)C1.CC(C)(C)C1CC2(CNC2)C1. The molecule has 4 nitrogen and oxygen atoms in total. The van der Waals surface area contributed by atoms with Crippen LogP contribution in [0, 0.1) is 67.0 Å². The summed E-state index contributed by atoms with van der Waals surface area (Å²) in [6.45, 7) is 38.8. The molecule has 0 bridgehead atoms. The average molecular weight is 683 g/mol. The van der Waals surface area contributed by atoms with Gasteiger partial charge in [0.2, 0.25) is 0 Å². The van der Waals surface area contributed by atoms with Crippen molar-refractivity contribution in [2.75, 3.05) is 52.4 Å². The summed E-state index contributed by atoms with van der Waals surface area (Å²) in [7, 11) is 0. The Labute approximate surface area is 306 Å². The summed E-state index contributed by atoms with van der Waals surface area (Å²) in [5.74, 6) is 3.94. The lowest BCUT2D eigenvalue weighted by Crippen LogP contribution is -2.61. The predicted molar refractivity (Wildman–Crippen MR) is 213 cm³/mol. The van der Waals surface area contributed by atoms with E-state index in [4.69, 9.17) is 0 Å². The van der Waals surface area contributed by atoms with Gasteiger partial charge in [0.15, 0.2) is 0 Å². The van der Waals surface area contributed by atoms with Gasteiger partial charge < -0.3 is 21.3 Å². The summed E-state index contributed by atoms with van der Waals surface area (Å²) < 4.78 is 0. The van der Waals surface area contributed by atoms with Crippen molar-refractivity contribution >= 4 is 0 Å². The Morgan fingerprint density at radius 1 is 0.327 bits per heavy atom. The fourth-order valence-electron chi connectivity index (χ4n) is 11.0. The Morgan fingerprint density at radius 2 is 0.633 bits per heavy atom. The molecule has 49 heavy (non-hydrogen) atoms. The van der Waals surface area contributed by atoms with Crippen LogP contribution in [-0.4, -0.2) is 52.4 Å². The summed E-state index contributed by atoms with van der Waals surface area (Å²) in [5.41, 5.74) is 5.18. The van der Waals surface area contributed by atoms with E-state index in [1.54, 1.807) is 0 Å². The van der Waals surface area contributed by atoms with Gasteiger partial charge in [-0.05, 0) is 177 Å². The maximum absolute atomic E-state index is 3.55. The highest BCUT2D eigenvalue weighted by molar-refractivity contribution is 5.05. The van der Waals surface area contributed by atoms with E-state index in [-0.39, 0.29) is 0 Å². The van der Waals surface area contributed by atoms with Gasteiger partial charge in [0.1, 0.15) is 0 Å². The Bertz CT molecular complexity index is 966. The Hall–Kier alpha value is -0.160. The first-order valence-electron chi connectivity index (χ1n) is 21.4. The standard InChI is InChI=1S/2C12H23N.C11H21N.C10H19N/c1-11(2,3)10-8-12(9-10)4-6-13-7-5-12;1-11(2,3)10-7-12(8-10)5-4-6-13-9-12;1-10(2,3)9-6-11(7-9)4-5-12-8-11;1-9(2,3)8-4-10(5-8)6-11-7-10/h2*10,13H,4-9H2,1-3H3;9,12H,4-8H2,1-3H3;8,11H,4-7H2,1-3H3. The predicted octanol–water partition coefficient (Wildman–Crippen LogP) is 10.1. The van der Waals surface area contributed by atoms with Crippen molar-refractivity contribution in [3.63, 3.8) is 0 Å². The summed E-state index contributed by atoms with van der Waals surface area (Å²) in [4.78, 5) is 0. The molecule has 286 valence electrons. The second-order valence-corrected chi connectivity index (χ2v) is 23.9. The van der Waals surface area contributed by atoms with Crippen molar-refractivity contribution in [1.29, 1.82) is 0 Å². The van der Waals surface area contributed by atoms with Crippen molar-refractivity contribution in [2.24, 2.45) is 67.0 Å². The molecule has 8 fully saturated rings. The van der Waals surface area contributed by atoms with Gasteiger partial charge in [-0.25, -0.2) is 0 Å². The summed E-state index contributed by atoms with van der Waals surface area (Å²) in [6, 6.07) is 0. The second-order valence-electron chi connectivity index (χ2n) is 23.9. The normalized spacial score (nSPS) is 32.4. The van der Waals surface area contributed by atoms with Crippen LogP contribution in [0.15, 0.2) is 0 Å². The molecule has 0 unspecified atom stereocenters. The monoisotopic (exact) mass is 683 g/mol. The van der Waals surface area contributed by atoms with Crippen LogP contribution >= 0.6 is 0 Å². The molecule has 4 aliphatic heterocycles. The molecule has 4 aliphatic carbocycles. The van der Waals surface area contributed by atoms with E-state index in [1.807, 2.05) is 0 Å². The van der Waals surface area contributed by atoms with Crippen LogP contribution in [0.1, 0.15) is 167 Å². The maximum Gasteiger partial charge on any atom is 0.00204 e. The molecule has 4 saturated heterocycles. The van der Waals surface area contributed by atoms with Gasteiger partial charge in [-0.3, -0.25) is 0 Å². The molecule has 0 aromatic rings. The fourth-order valence-corrected chi connectivity index (χ4v) is 11.0. The fraction of sp³-hybridized carbons (Fsp3) is 1.00. The minimum absolute atomic E-state index is 0.544. The highest BCUT2D eigenvalue weighted by atomic mass is 15.0. The molecule has 4 N–H and O–H groups in total. The molecule has 4 spiro atoms. The highest BCUT2D eigenvalue weighted by Gasteiger charge is 2.52. The molecule has 4 saturated carbocycles. The van der Waals surface area contributed by atoms with E-state index < -0.39 is 0 Å². The van der Waals surface area contributed by atoms with Crippen molar-refractivity contribution < 1.29 is 0 Å². The van der Waals surface area contributed by atoms with Crippen LogP contribution in [0.5, 0.6) is 0 Å². The smallest absolute Gasteiger partial charge is 0.00204 e. The third-order valence-corrected chi connectivity index (χ3v) is 15.9. The average Bonchev–Trinajstić information content (AvgIpc) is 3.39. The van der Waals surface area contributed by atoms with Crippen LogP contribution in [0.2, 0.25) is 0 Å². The van der Waals surface area contributed by atoms with Gasteiger partial charge in [-0.2, -0.15) is 0 Å². The van der Waals surface area contributed by atoms with Gasteiger partial charge in [0.25, 0.3) is 0 Å². The van der Waals surface area contributed by atoms with Crippen LogP contribution in [0.25, 0.3) is 0 Å². The van der Waals surface area contributed by atoms with Gasteiger partial charge in [-0.1, -0.05) is 83.1 Å². The van der Waals surface area contributed by atoms with Gasteiger partial charge in [0.05, 0.1) is 0 Å². The lowest BCUT2D eigenvalue weighted by atomic mass is 9.52. The van der Waals surface area contributed by atoms with E-state index in [2.05, 4.69) is 104 Å². The van der Waals surface area contributed by atoms with Crippen molar-refractivity contribution in [3.8, 4) is 0 Å². The molecule has 4 heterocycles. The minimum Gasteiger partial charge on any atom is -0.317 e. The summed E-state index contributed by atoms with van der Waals surface area (Å²) in [6.07, 6.45) is 19.0. The summed E-state index contributed by atoms with van der Waals surface area (Å²) in [5, 5.41) is 13.9. The molecule has 4 heteroatoms. The summed E-state index contributed by atoms with van der Waals surface area (Å²) >= 11 is 0. The Morgan fingerprint density at radius 3 is 0.959 bits per heavy atom. The Balaban J connectivity index is 0.000000128. The molecule has 0 atom stereocenters. The molecule has 0 aromatic carbocycles. The quantitative estimate of drug-likeness (QED) is 0.205. The molecule has 8 aliphatic rings. The number of hydrogen-bond acceptors (Lipinski definition) is 4. The largest absolute Gasteiger partial charge is 0.317 e. The Kier molecular flexibility index (Phi) is 11.9. The van der Waals surface area contributed by atoms with E-state index in [0.29, 0.717) is 21.7 Å². The molecular formula is C45H86N4. The number of rotatable bonds is 0. The molecule has 8 rings (SSSR count). The zero-order valence-corrected chi connectivity index (χ0v) is 35.2. The van der Waals surface area contributed by atoms with Crippen LogP contribution < -0.4 is 21.3 Å². The number of piperidine rings is 2. The van der Waals surface area contributed by atoms with Crippen LogP contribution in [-0.2, 0) is 0 Å². The first-order chi connectivity index (χ1) is 22.6. The van der Waals surface area contributed by atoms with Crippen molar-refractivity contribution in [2.45, 2.75) is 167 Å². The van der Waals surface area contributed by atoms with Crippen molar-refractivity contribution in [1.82, 2.24) is 21.3 Å². The molecule has 0 aromatic heterocycles. The minimum atomic E-state index is 0.544. The maximum atomic E-state index is 3.55. The third-order valence-electron chi connectivity index (χ3n) is 15.9. The van der Waals surface area contributed by atoms with E-state index in [1.165, 1.54) is 136 Å². The van der Waals surface area contributed by atoms with Gasteiger partial charge in [0, 0.05) is 26.2 Å². The van der Waals surface area contributed by atoms with Gasteiger partial charge >= 0.3 is 0 Å². The molecule has 0 radical (unpaired) electrons. The first-order valence-corrected chi connectivity index (χ1v) is 21.4. The van der Waals surface area contributed by atoms with Gasteiger partial charge in [-0.15, -0.1) is 0 Å². The number of hydrogen-bond donors (Lipinski definition) is 4. The number of nitrogens with one attached hydrogen (secondary N) is 4. The lowest BCUT2D eigenvalue weighted by Gasteiger charge is -2.58. The first kappa shape index (κ1) is 40.0.